The molecule has 0 aliphatic rings. The molecular formula is C5H11ClO3. The zero-order valence-corrected chi connectivity index (χ0v) is 6.27. The molecule has 1 atom stereocenters. The lowest BCUT2D eigenvalue weighted by Crippen LogP contribution is -2.18. The Balaban J connectivity index is 0. The fourth-order valence-electron chi connectivity index (χ4n) is 0.263. The SMILES string of the molecule is CCOC(=O)C(C)O.Cl. The first-order chi connectivity index (χ1) is 3.68. The molecule has 0 aromatic carbocycles. The third kappa shape index (κ3) is 5.59. The Morgan fingerprint density at radius 1 is 1.78 bits per heavy atom. The standard InChI is InChI=1S/C5H10O3.ClH/c1-3-8-5(7)4(2)6;/h4,6H,3H2,1-2H3;1H. The Labute approximate surface area is 60.4 Å². The molecule has 0 aromatic rings. The van der Waals surface area contributed by atoms with Gasteiger partial charge in [0.1, 0.15) is 6.10 Å². The Hall–Kier alpha value is -0.280. The number of halogens is 1. The van der Waals surface area contributed by atoms with Gasteiger partial charge >= 0.3 is 5.97 Å². The molecule has 0 aliphatic carbocycles. The molecule has 0 fully saturated rings. The quantitative estimate of drug-likeness (QED) is 0.584. The molecule has 0 aliphatic heterocycles. The second kappa shape index (κ2) is 5.85. The lowest BCUT2D eigenvalue weighted by Gasteiger charge is -2.01. The molecule has 0 radical (unpaired) electrons. The van der Waals surface area contributed by atoms with E-state index in [4.69, 9.17) is 5.11 Å². The number of rotatable bonds is 2. The zero-order valence-electron chi connectivity index (χ0n) is 5.46. The van der Waals surface area contributed by atoms with E-state index in [1.807, 2.05) is 0 Å². The molecule has 0 aromatic heterocycles. The van der Waals surface area contributed by atoms with Crippen molar-refractivity contribution in [3.63, 3.8) is 0 Å². The Morgan fingerprint density at radius 3 is 2.33 bits per heavy atom. The zero-order chi connectivity index (χ0) is 6.57. The summed E-state index contributed by atoms with van der Waals surface area (Å²) in [6, 6.07) is 0. The van der Waals surface area contributed by atoms with Crippen LogP contribution in [0.3, 0.4) is 0 Å². The van der Waals surface area contributed by atoms with Crippen molar-refractivity contribution in [2.45, 2.75) is 20.0 Å². The van der Waals surface area contributed by atoms with Crippen LogP contribution in [0.5, 0.6) is 0 Å². The minimum atomic E-state index is -0.991. The van der Waals surface area contributed by atoms with Crippen molar-refractivity contribution in [2.24, 2.45) is 0 Å². The summed E-state index contributed by atoms with van der Waals surface area (Å²) in [4.78, 5) is 10.3. The number of carbonyl (C=O) groups is 1. The van der Waals surface area contributed by atoms with Gasteiger partial charge in [-0.05, 0) is 13.8 Å². The van der Waals surface area contributed by atoms with Crippen LogP contribution in [0.15, 0.2) is 0 Å². The van der Waals surface area contributed by atoms with Gasteiger partial charge in [-0.25, -0.2) is 4.79 Å². The Kier molecular flexibility index (Phi) is 7.48. The maximum Gasteiger partial charge on any atom is 0.334 e. The highest BCUT2D eigenvalue weighted by Gasteiger charge is 2.07. The summed E-state index contributed by atoms with van der Waals surface area (Å²) >= 11 is 0. The first-order valence-corrected chi connectivity index (χ1v) is 2.53. The maximum absolute atomic E-state index is 10.3. The Morgan fingerprint density at radius 2 is 2.22 bits per heavy atom. The number of aliphatic hydroxyl groups excluding tert-OH is 1. The van der Waals surface area contributed by atoms with Crippen LogP contribution in [0.2, 0.25) is 0 Å². The van der Waals surface area contributed by atoms with E-state index >= 15 is 0 Å². The van der Waals surface area contributed by atoms with Gasteiger partial charge in [-0.2, -0.15) is 0 Å². The maximum atomic E-state index is 10.3. The second-order valence-electron chi connectivity index (χ2n) is 1.43. The van der Waals surface area contributed by atoms with Crippen LogP contribution in [0.25, 0.3) is 0 Å². The van der Waals surface area contributed by atoms with E-state index < -0.39 is 12.1 Å². The van der Waals surface area contributed by atoms with Crippen LogP contribution in [0, 0.1) is 0 Å². The van der Waals surface area contributed by atoms with Crippen molar-refractivity contribution in [1.29, 1.82) is 0 Å². The summed E-state index contributed by atoms with van der Waals surface area (Å²) in [6.07, 6.45) is -0.991. The van der Waals surface area contributed by atoms with Gasteiger partial charge in [-0.1, -0.05) is 0 Å². The second-order valence-corrected chi connectivity index (χ2v) is 1.43. The molecule has 0 heterocycles. The minimum Gasteiger partial charge on any atom is -0.464 e. The van der Waals surface area contributed by atoms with E-state index in [2.05, 4.69) is 4.74 Å². The number of hydrogen-bond donors (Lipinski definition) is 1. The van der Waals surface area contributed by atoms with Crippen LogP contribution in [0.4, 0.5) is 0 Å². The average molecular weight is 155 g/mol. The fourth-order valence-corrected chi connectivity index (χ4v) is 0.263. The Bertz CT molecular complexity index is 82.3. The van der Waals surface area contributed by atoms with Crippen molar-refractivity contribution in [2.75, 3.05) is 6.61 Å². The molecule has 0 rings (SSSR count). The first-order valence-electron chi connectivity index (χ1n) is 2.53. The summed E-state index contributed by atoms with van der Waals surface area (Å²) in [6.45, 7) is 3.39. The molecule has 56 valence electrons. The van der Waals surface area contributed by atoms with Crippen molar-refractivity contribution in [3.05, 3.63) is 0 Å². The number of hydrogen-bond acceptors (Lipinski definition) is 3. The van der Waals surface area contributed by atoms with E-state index in [-0.39, 0.29) is 12.4 Å². The molecule has 4 heteroatoms. The van der Waals surface area contributed by atoms with E-state index in [1.165, 1.54) is 6.92 Å². The molecule has 0 saturated carbocycles. The third-order valence-corrected chi connectivity index (χ3v) is 0.628. The highest BCUT2D eigenvalue weighted by Crippen LogP contribution is 1.84. The van der Waals surface area contributed by atoms with Gasteiger partial charge in [0.2, 0.25) is 0 Å². The van der Waals surface area contributed by atoms with Gasteiger partial charge in [0.15, 0.2) is 0 Å². The van der Waals surface area contributed by atoms with Gasteiger partial charge in [0, 0.05) is 0 Å². The van der Waals surface area contributed by atoms with Gasteiger partial charge in [-0.15, -0.1) is 12.4 Å². The molecule has 0 spiro atoms. The number of aliphatic hydroxyl groups is 1. The highest BCUT2D eigenvalue weighted by molar-refractivity contribution is 5.85. The van der Waals surface area contributed by atoms with Crippen LogP contribution >= 0.6 is 12.4 Å². The molecule has 3 nitrogen and oxygen atoms in total. The van der Waals surface area contributed by atoms with Crippen molar-refractivity contribution >= 4 is 18.4 Å². The molecule has 0 bridgehead atoms. The molecule has 0 saturated heterocycles. The van der Waals surface area contributed by atoms with Crippen LogP contribution in [0.1, 0.15) is 13.8 Å². The lowest BCUT2D eigenvalue weighted by molar-refractivity contribution is -0.151. The van der Waals surface area contributed by atoms with E-state index in [9.17, 15) is 4.79 Å². The topological polar surface area (TPSA) is 46.5 Å². The van der Waals surface area contributed by atoms with Crippen LogP contribution < -0.4 is 0 Å². The smallest absolute Gasteiger partial charge is 0.334 e. The van der Waals surface area contributed by atoms with E-state index in [0.29, 0.717) is 6.61 Å². The lowest BCUT2D eigenvalue weighted by atomic mass is 10.4. The fraction of sp³-hybridized carbons (Fsp3) is 0.800. The van der Waals surface area contributed by atoms with Gasteiger partial charge < -0.3 is 9.84 Å². The highest BCUT2D eigenvalue weighted by atomic mass is 35.5. The monoisotopic (exact) mass is 154 g/mol. The minimum absolute atomic E-state index is 0. The summed E-state index contributed by atoms with van der Waals surface area (Å²) in [5.74, 6) is -0.562. The normalized spacial score (nSPS) is 11.4. The number of ether oxygens (including phenoxy) is 1. The molecule has 0 amide bonds. The van der Waals surface area contributed by atoms with Gasteiger partial charge in [0.25, 0.3) is 0 Å². The molecule has 1 N–H and O–H groups in total. The molecule has 1 unspecified atom stereocenters. The largest absolute Gasteiger partial charge is 0.464 e. The van der Waals surface area contributed by atoms with Crippen LogP contribution in [-0.4, -0.2) is 23.8 Å². The van der Waals surface area contributed by atoms with Gasteiger partial charge in [0.05, 0.1) is 6.61 Å². The van der Waals surface area contributed by atoms with E-state index in [1.54, 1.807) is 6.92 Å². The summed E-state index contributed by atoms with van der Waals surface area (Å²) in [5.41, 5.74) is 0. The average Bonchev–Trinajstić information content (AvgIpc) is 1.67. The predicted molar refractivity (Wildman–Crippen MR) is 35.6 cm³/mol. The summed E-state index contributed by atoms with van der Waals surface area (Å²) in [5, 5.41) is 8.48. The van der Waals surface area contributed by atoms with Crippen LogP contribution in [-0.2, 0) is 9.53 Å². The number of esters is 1. The van der Waals surface area contributed by atoms with E-state index in [0.717, 1.165) is 0 Å². The third-order valence-electron chi connectivity index (χ3n) is 0.628. The van der Waals surface area contributed by atoms with Gasteiger partial charge in [-0.3, -0.25) is 0 Å². The predicted octanol–water partition coefficient (Wildman–Crippen LogP) is 0.352. The molecular weight excluding hydrogens is 144 g/mol. The van der Waals surface area contributed by atoms with Crippen molar-refractivity contribution in [3.8, 4) is 0 Å². The van der Waals surface area contributed by atoms with Crippen molar-refractivity contribution in [1.82, 2.24) is 0 Å². The van der Waals surface area contributed by atoms with Crippen molar-refractivity contribution < 1.29 is 14.6 Å². The molecule has 9 heavy (non-hydrogen) atoms. The number of carbonyl (C=O) groups excluding carboxylic acids is 1. The summed E-state index contributed by atoms with van der Waals surface area (Å²) < 4.78 is 4.41. The first kappa shape index (κ1) is 11.5. The summed E-state index contributed by atoms with van der Waals surface area (Å²) in [7, 11) is 0.